The van der Waals surface area contributed by atoms with E-state index in [4.69, 9.17) is 0 Å². The fraction of sp³-hybridized carbons (Fsp3) is 0.364. The molecule has 1 aromatic rings. The summed E-state index contributed by atoms with van der Waals surface area (Å²) in [6.45, 7) is 0. The van der Waals surface area contributed by atoms with Crippen LogP contribution in [0.3, 0.4) is 0 Å². The van der Waals surface area contributed by atoms with Crippen LogP contribution < -0.4 is 5.32 Å². The SMILES string of the molecule is COC(=O)C1CC(c2ccc(Br)cc2)N1. The van der Waals surface area contributed by atoms with Crippen molar-refractivity contribution in [3.63, 3.8) is 0 Å². The van der Waals surface area contributed by atoms with E-state index >= 15 is 0 Å². The van der Waals surface area contributed by atoms with Crippen LogP contribution in [0.5, 0.6) is 0 Å². The van der Waals surface area contributed by atoms with Gasteiger partial charge in [-0.1, -0.05) is 28.1 Å². The first-order valence-electron chi connectivity index (χ1n) is 4.80. The largest absolute Gasteiger partial charge is 0.468 e. The number of benzene rings is 1. The summed E-state index contributed by atoms with van der Waals surface area (Å²) in [5.41, 5.74) is 1.21. The Labute approximate surface area is 96.9 Å². The molecule has 2 unspecified atom stereocenters. The molecule has 0 aliphatic carbocycles. The minimum atomic E-state index is -0.177. The topological polar surface area (TPSA) is 38.3 Å². The lowest BCUT2D eigenvalue weighted by Crippen LogP contribution is -2.51. The van der Waals surface area contributed by atoms with Gasteiger partial charge in [0.2, 0.25) is 0 Å². The predicted molar refractivity (Wildman–Crippen MR) is 60.4 cm³/mol. The summed E-state index contributed by atoms with van der Waals surface area (Å²) in [4.78, 5) is 11.1. The highest BCUT2D eigenvalue weighted by molar-refractivity contribution is 9.10. The fourth-order valence-corrected chi connectivity index (χ4v) is 1.95. The minimum absolute atomic E-state index is 0.136. The Morgan fingerprint density at radius 3 is 2.60 bits per heavy atom. The minimum Gasteiger partial charge on any atom is -0.468 e. The third kappa shape index (κ3) is 2.21. The van der Waals surface area contributed by atoms with Crippen LogP contribution in [-0.2, 0) is 9.53 Å². The maximum absolute atomic E-state index is 11.1. The first kappa shape index (κ1) is 10.6. The molecule has 0 amide bonds. The summed E-state index contributed by atoms with van der Waals surface area (Å²) in [6.07, 6.45) is 0.814. The molecule has 1 aliphatic rings. The van der Waals surface area contributed by atoms with Crippen molar-refractivity contribution in [2.45, 2.75) is 18.5 Å². The summed E-state index contributed by atoms with van der Waals surface area (Å²) >= 11 is 3.39. The zero-order chi connectivity index (χ0) is 10.8. The van der Waals surface area contributed by atoms with Gasteiger partial charge in [-0.15, -0.1) is 0 Å². The van der Waals surface area contributed by atoms with Gasteiger partial charge in [0, 0.05) is 10.5 Å². The number of halogens is 1. The van der Waals surface area contributed by atoms with Crippen molar-refractivity contribution in [2.24, 2.45) is 0 Å². The van der Waals surface area contributed by atoms with Gasteiger partial charge in [0.1, 0.15) is 6.04 Å². The second-order valence-electron chi connectivity index (χ2n) is 3.58. The lowest BCUT2D eigenvalue weighted by molar-refractivity contribution is -0.146. The van der Waals surface area contributed by atoms with E-state index in [2.05, 4.69) is 38.1 Å². The first-order chi connectivity index (χ1) is 7.20. The maximum Gasteiger partial charge on any atom is 0.322 e. The molecule has 1 fully saturated rings. The second kappa shape index (κ2) is 4.33. The van der Waals surface area contributed by atoms with Gasteiger partial charge < -0.3 is 4.74 Å². The summed E-state index contributed by atoms with van der Waals surface area (Å²) in [5.74, 6) is -0.177. The molecule has 1 N–H and O–H groups in total. The van der Waals surface area contributed by atoms with Gasteiger partial charge in [0.25, 0.3) is 0 Å². The molecular formula is C11H12BrNO2. The first-order valence-corrected chi connectivity index (χ1v) is 5.59. The van der Waals surface area contributed by atoms with Gasteiger partial charge in [0.15, 0.2) is 0 Å². The number of ether oxygens (including phenoxy) is 1. The van der Waals surface area contributed by atoms with Crippen LogP contribution in [0.1, 0.15) is 18.0 Å². The quantitative estimate of drug-likeness (QED) is 0.835. The molecule has 0 saturated carbocycles. The second-order valence-corrected chi connectivity index (χ2v) is 4.50. The van der Waals surface area contributed by atoms with Crippen molar-refractivity contribution in [1.29, 1.82) is 0 Å². The van der Waals surface area contributed by atoms with E-state index in [-0.39, 0.29) is 18.1 Å². The van der Waals surface area contributed by atoms with Gasteiger partial charge in [-0.3, -0.25) is 10.1 Å². The lowest BCUT2D eigenvalue weighted by atomic mass is 9.91. The summed E-state index contributed by atoms with van der Waals surface area (Å²) in [6, 6.07) is 8.25. The summed E-state index contributed by atoms with van der Waals surface area (Å²) < 4.78 is 5.71. The van der Waals surface area contributed by atoms with Gasteiger partial charge in [-0.05, 0) is 24.1 Å². The third-order valence-corrected chi connectivity index (χ3v) is 3.16. The van der Waals surface area contributed by atoms with Gasteiger partial charge >= 0.3 is 5.97 Å². The molecule has 0 radical (unpaired) electrons. The van der Waals surface area contributed by atoms with Crippen LogP contribution in [0.25, 0.3) is 0 Å². The fourth-order valence-electron chi connectivity index (χ4n) is 1.69. The Kier molecular flexibility index (Phi) is 3.07. The Morgan fingerprint density at radius 1 is 1.47 bits per heavy atom. The standard InChI is InChI=1S/C11H12BrNO2/c1-15-11(14)10-6-9(13-10)7-2-4-8(12)5-3-7/h2-5,9-10,13H,6H2,1H3. The molecule has 4 heteroatoms. The number of carbonyl (C=O) groups is 1. The van der Waals surface area contributed by atoms with Crippen molar-refractivity contribution in [3.05, 3.63) is 34.3 Å². The van der Waals surface area contributed by atoms with Crippen molar-refractivity contribution < 1.29 is 9.53 Å². The predicted octanol–water partition coefficient (Wildman–Crippen LogP) is 2.03. The van der Waals surface area contributed by atoms with E-state index in [9.17, 15) is 4.79 Å². The van der Waals surface area contributed by atoms with E-state index < -0.39 is 0 Å². The highest BCUT2D eigenvalue weighted by Gasteiger charge is 2.34. The number of hydrogen-bond acceptors (Lipinski definition) is 3. The normalized spacial score (nSPS) is 24.4. The monoisotopic (exact) mass is 269 g/mol. The molecule has 0 aromatic heterocycles. The molecule has 2 atom stereocenters. The average molecular weight is 270 g/mol. The van der Waals surface area contributed by atoms with Crippen LogP contribution >= 0.6 is 15.9 Å². The van der Waals surface area contributed by atoms with Crippen molar-refractivity contribution in [2.75, 3.05) is 7.11 Å². The lowest BCUT2D eigenvalue weighted by Gasteiger charge is -2.35. The van der Waals surface area contributed by atoms with Gasteiger partial charge in [-0.25, -0.2) is 0 Å². The van der Waals surface area contributed by atoms with Crippen molar-refractivity contribution >= 4 is 21.9 Å². The Hall–Kier alpha value is -0.870. The molecule has 3 nitrogen and oxygen atoms in total. The van der Waals surface area contributed by atoms with Crippen LogP contribution in [0, 0.1) is 0 Å². The Balaban J connectivity index is 1.94. The number of hydrogen-bond donors (Lipinski definition) is 1. The van der Waals surface area contributed by atoms with Crippen LogP contribution in [-0.4, -0.2) is 19.1 Å². The molecule has 0 bridgehead atoms. The van der Waals surface area contributed by atoms with Gasteiger partial charge in [-0.2, -0.15) is 0 Å². The van der Waals surface area contributed by atoms with E-state index in [1.807, 2.05) is 12.1 Å². The van der Waals surface area contributed by atoms with E-state index in [0.717, 1.165) is 10.9 Å². The van der Waals surface area contributed by atoms with Crippen LogP contribution in [0.4, 0.5) is 0 Å². The zero-order valence-corrected chi connectivity index (χ0v) is 9.95. The molecule has 1 saturated heterocycles. The molecular weight excluding hydrogens is 258 g/mol. The van der Waals surface area contributed by atoms with Crippen molar-refractivity contribution in [1.82, 2.24) is 5.32 Å². The highest BCUT2D eigenvalue weighted by Crippen LogP contribution is 2.28. The smallest absolute Gasteiger partial charge is 0.322 e. The number of esters is 1. The molecule has 80 valence electrons. The van der Waals surface area contributed by atoms with Crippen LogP contribution in [0.15, 0.2) is 28.7 Å². The highest BCUT2D eigenvalue weighted by atomic mass is 79.9. The number of methoxy groups -OCH3 is 1. The van der Waals surface area contributed by atoms with E-state index in [1.54, 1.807) is 0 Å². The Bertz CT molecular complexity index is 357. The molecule has 2 rings (SSSR count). The number of rotatable bonds is 2. The van der Waals surface area contributed by atoms with Crippen molar-refractivity contribution in [3.8, 4) is 0 Å². The van der Waals surface area contributed by atoms with Gasteiger partial charge in [0.05, 0.1) is 7.11 Å². The maximum atomic E-state index is 11.1. The number of carbonyl (C=O) groups excluding carboxylic acids is 1. The number of nitrogens with one attached hydrogen (secondary N) is 1. The molecule has 1 aliphatic heterocycles. The average Bonchev–Trinajstić information content (AvgIpc) is 2.18. The van der Waals surface area contributed by atoms with Crippen LogP contribution in [0.2, 0.25) is 0 Å². The van der Waals surface area contributed by atoms with E-state index in [0.29, 0.717) is 0 Å². The van der Waals surface area contributed by atoms with E-state index in [1.165, 1.54) is 12.7 Å². The molecule has 0 spiro atoms. The Morgan fingerprint density at radius 2 is 2.07 bits per heavy atom. The molecule has 15 heavy (non-hydrogen) atoms. The zero-order valence-electron chi connectivity index (χ0n) is 8.37. The summed E-state index contributed by atoms with van der Waals surface area (Å²) in [5, 5.41) is 3.18. The molecule has 1 heterocycles. The summed E-state index contributed by atoms with van der Waals surface area (Å²) in [7, 11) is 1.41. The third-order valence-electron chi connectivity index (χ3n) is 2.63. The molecule has 1 aromatic carbocycles.